The van der Waals surface area contributed by atoms with E-state index in [4.69, 9.17) is 0 Å². The molecule has 2 rings (SSSR count). The van der Waals surface area contributed by atoms with E-state index in [1.54, 1.807) is 0 Å². The van der Waals surface area contributed by atoms with Gasteiger partial charge in [0.1, 0.15) is 0 Å². The van der Waals surface area contributed by atoms with Crippen LogP contribution in [0.4, 0.5) is 0 Å². The number of aryl methyl sites for hydroxylation is 2. The molecule has 0 aliphatic rings. The summed E-state index contributed by atoms with van der Waals surface area (Å²) in [7, 11) is 1.98. The van der Waals surface area contributed by atoms with Gasteiger partial charge in [-0.2, -0.15) is 0 Å². The van der Waals surface area contributed by atoms with Crippen molar-refractivity contribution in [3.63, 3.8) is 0 Å². The number of rotatable bonds is 3. The summed E-state index contributed by atoms with van der Waals surface area (Å²) < 4.78 is 0. The highest BCUT2D eigenvalue weighted by molar-refractivity contribution is 7.10. The molecule has 0 saturated heterocycles. The molecule has 1 nitrogen and oxygen atoms in total. The monoisotopic (exact) mass is 231 g/mol. The third-order valence-electron chi connectivity index (χ3n) is 2.72. The largest absolute Gasteiger partial charge is 0.316 e. The van der Waals surface area contributed by atoms with E-state index in [1.807, 2.05) is 18.4 Å². The minimum absolute atomic E-state index is 0.927. The molecule has 0 saturated carbocycles. The van der Waals surface area contributed by atoms with Gasteiger partial charge >= 0.3 is 0 Å². The van der Waals surface area contributed by atoms with E-state index in [0.29, 0.717) is 0 Å². The molecule has 84 valence electrons. The Bertz CT molecular complexity index is 485. The molecule has 0 bridgehead atoms. The van der Waals surface area contributed by atoms with Crippen molar-refractivity contribution in [2.75, 3.05) is 7.05 Å². The van der Waals surface area contributed by atoms with Crippen LogP contribution >= 0.6 is 11.3 Å². The summed E-state index contributed by atoms with van der Waals surface area (Å²) in [6.45, 7) is 5.25. The molecule has 1 N–H and O–H groups in total. The average Bonchev–Trinajstić information content (AvgIpc) is 2.68. The zero-order valence-electron chi connectivity index (χ0n) is 10.0. The maximum atomic E-state index is 3.19. The summed E-state index contributed by atoms with van der Waals surface area (Å²) in [4.78, 5) is 1.37. The van der Waals surface area contributed by atoms with Crippen molar-refractivity contribution in [2.24, 2.45) is 0 Å². The van der Waals surface area contributed by atoms with Gasteiger partial charge in [0, 0.05) is 11.4 Å². The van der Waals surface area contributed by atoms with Gasteiger partial charge < -0.3 is 5.32 Å². The van der Waals surface area contributed by atoms with Gasteiger partial charge in [-0.1, -0.05) is 12.1 Å². The summed E-state index contributed by atoms with van der Waals surface area (Å²) in [5.41, 5.74) is 5.39. The first-order chi connectivity index (χ1) is 7.70. The summed E-state index contributed by atoms with van der Waals surface area (Å²) in [5, 5.41) is 5.43. The Morgan fingerprint density at radius 3 is 2.62 bits per heavy atom. The first-order valence-corrected chi connectivity index (χ1v) is 6.38. The molecule has 0 atom stereocenters. The van der Waals surface area contributed by atoms with E-state index in [9.17, 15) is 0 Å². The molecule has 0 unspecified atom stereocenters. The second-order valence-corrected chi connectivity index (χ2v) is 5.24. The van der Waals surface area contributed by atoms with E-state index in [-0.39, 0.29) is 0 Å². The number of hydrogen-bond acceptors (Lipinski definition) is 2. The molecule has 0 spiro atoms. The summed E-state index contributed by atoms with van der Waals surface area (Å²) in [5.74, 6) is 0. The molecule has 0 amide bonds. The molecule has 0 fully saturated rings. The average molecular weight is 231 g/mol. The van der Waals surface area contributed by atoms with Gasteiger partial charge in [0.05, 0.1) is 0 Å². The number of benzene rings is 1. The zero-order valence-corrected chi connectivity index (χ0v) is 10.8. The molecule has 2 aromatic rings. The molecule has 0 radical (unpaired) electrons. The third kappa shape index (κ3) is 2.34. The lowest BCUT2D eigenvalue weighted by molar-refractivity contribution is 0.818. The van der Waals surface area contributed by atoms with Gasteiger partial charge in [0.25, 0.3) is 0 Å². The fraction of sp³-hybridized carbons (Fsp3) is 0.286. The van der Waals surface area contributed by atoms with Crippen molar-refractivity contribution in [1.29, 1.82) is 0 Å². The zero-order chi connectivity index (χ0) is 11.5. The van der Waals surface area contributed by atoms with Gasteiger partial charge in [-0.05, 0) is 60.7 Å². The molecule has 1 aromatic heterocycles. The Morgan fingerprint density at radius 1 is 1.19 bits per heavy atom. The van der Waals surface area contributed by atoms with Crippen molar-refractivity contribution in [3.05, 3.63) is 45.6 Å². The van der Waals surface area contributed by atoms with Crippen LogP contribution in [0, 0.1) is 13.8 Å². The molecule has 1 heterocycles. The van der Waals surface area contributed by atoms with Crippen LogP contribution in [0.15, 0.2) is 29.6 Å². The van der Waals surface area contributed by atoms with E-state index in [1.165, 1.54) is 27.1 Å². The fourth-order valence-corrected chi connectivity index (χ4v) is 2.58. The number of hydrogen-bond donors (Lipinski definition) is 1. The summed E-state index contributed by atoms with van der Waals surface area (Å²) in [6, 6.07) is 8.94. The minimum atomic E-state index is 0.927. The smallest absolute Gasteiger partial charge is 0.0202 e. The van der Waals surface area contributed by atoms with Crippen molar-refractivity contribution in [3.8, 4) is 11.1 Å². The van der Waals surface area contributed by atoms with Crippen molar-refractivity contribution in [1.82, 2.24) is 5.32 Å². The standard InChI is InChI=1S/C14H17NS/c1-10-4-5-12(8-15-3)7-14(10)13-6-11(2)16-9-13/h4-7,9,15H,8H2,1-3H3. The maximum Gasteiger partial charge on any atom is 0.0202 e. The number of nitrogens with one attached hydrogen (secondary N) is 1. The molecule has 0 aliphatic heterocycles. The van der Waals surface area contributed by atoms with Crippen LogP contribution in [0.3, 0.4) is 0 Å². The Balaban J connectivity index is 2.42. The van der Waals surface area contributed by atoms with Crippen LogP contribution in [-0.2, 0) is 6.54 Å². The third-order valence-corrected chi connectivity index (χ3v) is 3.59. The number of thiophene rings is 1. The molecular formula is C14H17NS. The topological polar surface area (TPSA) is 12.0 Å². The first kappa shape index (κ1) is 11.4. The maximum absolute atomic E-state index is 3.19. The van der Waals surface area contributed by atoms with Crippen LogP contribution in [0.5, 0.6) is 0 Å². The van der Waals surface area contributed by atoms with E-state index in [2.05, 4.69) is 48.8 Å². The Morgan fingerprint density at radius 2 is 2.00 bits per heavy atom. The first-order valence-electron chi connectivity index (χ1n) is 5.50. The van der Waals surface area contributed by atoms with Crippen molar-refractivity contribution in [2.45, 2.75) is 20.4 Å². The molecule has 2 heteroatoms. The molecule has 0 aliphatic carbocycles. The predicted octanol–water partition coefficient (Wildman–Crippen LogP) is 3.75. The van der Waals surface area contributed by atoms with Gasteiger partial charge in [0.15, 0.2) is 0 Å². The Hall–Kier alpha value is -1.12. The Kier molecular flexibility index (Phi) is 3.42. The van der Waals surface area contributed by atoms with Crippen LogP contribution in [0.2, 0.25) is 0 Å². The quantitative estimate of drug-likeness (QED) is 0.848. The predicted molar refractivity (Wildman–Crippen MR) is 72.0 cm³/mol. The highest BCUT2D eigenvalue weighted by Gasteiger charge is 2.04. The van der Waals surface area contributed by atoms with E-state index >= 15 is 0 Å². The van der Waals surface area contributed by atoms with Crippen LogP contribution < -0.4 is 5.32 Å². The molecular weight excluding hydrogens is 214 g/mol. The Labute approximate surface area is 101 Å². The van der Waals surface area contributed by atoms with Gasteiger partial charge in [-0.3, -0.25) is 0 Å². The van der Waals surface area contributed by atoms with Crippen molar-refractivity contribution < 1.29 is 0 Å². The second kappa shape index (κ2) is 4.81. The summed E-state index contributed by atoms with van der Waals surface area (Å²) in [6.07, 6.45) is 0. The normalized spacial score (nSPS) is 10.7. The van der Waals surface area contributed by atoms with Gasteiger partial charge in [-0.25, -0.2) is 0 Å². The van der Waals surface area contributed by atoms with Gasteiger partial charge in [-0.15, -0.1) is 11.3 Å². The highest BCUT2D eigenvalue weighted by Crippen LogP contribution is 2.28. The van der Waals surface area contributed by atoms with Crippen LogP contribution in [-0.4, -0.2) is 7.05 Å². The van der Waals surface area contributed by atoms with Crippen LogP contribution in [0.25, 0.3) is 11.1 Å². The second-order valence-electron chi connectivity index (χ2n) is 4.13. The lowest BCUT2D eigenvalue weighted by atomic mass is 10.00. The molecule has 16 heavy (non-hydrogen) atoms. The van der Waals surface area contributed by atoms with E-state index < -0.39 is 0 Å². The van der Waals surface area contributed by atoms with Crippen LogP contribution in [0.1, 0.15) is 16.0 Å². The lowest BCUT2D eigenvalue weighted by Crippen LogP contribution is -2.05. The summed E-state index contributed by atoms with van der Waals surface area (Å²) >= 11 is 1.81. The van der Waals surface area contributed by atoms with Gasteiger partial charge in [0.2, 0.25) is 0 Å². The lowest BCUT2D eigenvalue weighted by Gasteiger charge is -2.07. The minimum Gasteiger partial charge on any atom is -0.316 e. The highest BCUT2D eigenvalue weighted by atomic mass is 32.1. The molecule has 1 aromatic carbocycles. The van der Waals surface area contributed by atoms with Crippen molar-refractivity contribution >= 4 is 11.3 Å². The fourth-order valence-electron chi connectivity index (χ4n) is 1.88. The SMILES string of the molecule is CNCc1ccc(C)c(-c2csc(C)c2)c1. The van der Waals surface area contributed by atoms with E-state index in [0.717, 1.165) is 6.54 Å².